The van der Waals surface area contributed by atoms with Gasteiger partial charge in [-0.25, -0.2) is 0 Å². The molecule has 0 aliphatic heterocycles. The van der Waals surface area contributed by atoms with Crippen molar-refractivity contribution < 1.29 is 5.11 Å². The van der Waals surface area contributed by atoms with Crippen LogP contribution in [0, 0.1) is 23.5 Å². The van der Waals surface area contributed by atoms with Crippen molar-refractivity contribution in [2.45, 2.75) is 6.42 Å². The standard InChI is InChI=1S/C16H11NO/c17-12-14-9-5-11-16(18)15(14)10-4-8-13-6-2-1-3-7-13/h1-4,6-9,18H,10H2/b8-4+. The second kappa shape index (κ2) is 5.57. The molecule has 0 spiro atoms. The summed E-state index contributed by atoms with van der Waals surface area (Å²) >= 11 is 0. The summed E-state index contributed by atoms with van der Waals surface area (Å²) in [4.78, 5) is 0. The molecule has 2 heteroatoms. The van der Waals surface area contributed by atoms with E-state index in [1.54, 1.807) is 0 Å². The number of hydrogen-bond donors (Lipinski definition) is 1. The highest BCUT2D eigenvalue weighted by molar-refractivity contribution is 5.51. The van der Waals surface area contributed by atoms with Crippen molar-refractivity contribution in [1.82, 2.24) is 0 Å². The van der Waals surface area contributed by atoms with E-state index in [-0.39, 0.29) is 5.75 Å². The fourth-order valence-electron chi connectivity index (χ4n) is 1.65. The van der Waals surface area contributed by atoms with Crippen molar-refractivity contribution in [2.75, 3.05) is 0 Å². The zero-order valence-electron chi connectivity index (χ0n) is 9.72. The maximum atomic E-state index is 9.65. The smallest absolute Gasteiger partial charge is 0.172 e. The van der Waals surface area contributed by atoms with Gasteiger partial charge in [-0.3, -0.25) is 0 Å². The SMILES string of the molecule is N#Cc1cc#cc(O)c1C/C=C/c1ccccc1. The lowest BCUT2D eigenvalue weighted by Gasteiger charge is -2.00. The minimum Gasteiger partial charge on any atom is -0.500 e. The summed E-state index contributed by atoms with van der Waals surface area (Å²) in [6.07, 6.45) is 4.37. The second-order valence-corrected chi connectivity index (χ2v) is 3.78. The zero-order chi connectivity index (χ0) is 12.8. The fraction of sp³-hybridized carbons (Fsp3) is 0.0625. The van der Waals surface area contributed by atoms with Crippen LogP contribution in [0.1, 0.15) is 16.7 Å². The van der Waals surface area contributed by atoms with Gasteiger partial charge in [0.25, 0.3) is 0 Å². The summed E-state index contributed by atoms with van der Waals surface area (Å²) in [7, 11) is 0. The Hall–Kier alpha value is -2.71. The Morgan fingerprint density at radius 2 is 2.06 bits per heavy atom. The normalized spacial score (nSPS) is 9.94. The predicted molar refractivity (Wildman–Crippen MR) is 69.7 cm³/mol. The number of aromatic hydroxyl groups is 1. The van der Waals surface area contributed by atoms with E-state index in [0.717, 1.165) is 5.56 Å². The number of allylic oxidation sites excluding steroid dienone is 1. The van der Waals surface area contributed by atoms with E-state index in [0.29, 0.717) is 17.5 Å². The van der Waals surface area contributed by atoms with E-state index >= 15 is 0 Å². The minimum atomic E-state index is -0.00763. The number of nitriles is 1. The van der Waals surface area contributed by atoms with Crippen LogP contribution in [0.15, 0.2) is 42.5 Å². The van der Waals surface area contributed by atoms with E-state index in [2.05, 4.69) is 12.1 Å². The number of nitrogens with zero attached hydrogens (tertiary/aromatic N) is 1. The summed E-state index contributed by atoms with van der Waals surface area (Å²) in [5.41, 5.74) is 2.11. The van der Waals surface area contributed by atoms with Gasteiger partial charge in [-0.05, 0) is 18.1 Å². The number of benzene rings is 1. The van der Waals surface area contributed by atoms with Crippen LogP contribution < -0.4 is 0 Å². The number of hydrogen-bond acceptors (Lipinski definition) is 2. The number of rotatable bonds is 3. The molecule has 2 aromatic rings. The van der Waals surface area contributed by atoms with Gasteiger partial charge >= 0.3 is 0 Å². The van der Waals surface area contributed by atoms with Gasteiger partial charge in [0.2, 0.25) is 0 Å². The molecule has 0 aromatic heterocycles. The predicted octanol–water partition coefficient (Wildman–Crippen LogP) is 3.12. The van der Waals surface area contributed by atoms with Gasteiger partial charge in [0.05, 0.1) is 5.56 Å². The summed E-state index contributed by atoms with van der Waals surface area (Å²) in [5.74, 6) is -0.00763. The molecule has 0 fully saturated rings. The van der Waals surface area contributed by atoms with Crippen LogP contribution in [0.3, 0.4) is 0 Å². The first-order valence-electron chi connectivity index (χ1n) is 5.57. The molecule has 0 aliphatic rings. The molecule has 0 saturated carbocycles. The Morgan fingerprint density at radius 1 is 1.28 bits per heavy atom. The lowest BCUT2D eigenvalue weighted by atomic mass is 10.0. The Bertz CT molecular complexity index is 594. The Morgan fingerprint density at radius 3 is 2.78 bits per heavy atom. The van der Waals surface area contributed by atoms with Gasteiger partial charge in [-0.15, -0.1) is 0 Å². The molecule has 0 aliphatic carbocycles. The molecule has 2 aromatic carbocycles. The first-order valence-corrected chi connectivity index (χ1v) is 5.57. The van der Waals surface area contributed by atoms with Gasteiger partial charge in [-0.2, -0.15) is 5.26 Å². The molecule has 2 rings (SSSR count). The van der Waals surface area contributed by atoms with Crippen LogP contribution in [-0.2, 0) is 6.42 Å². The van der Waals surface area contributed by atoms with Crippen LogP contribution in [-0.4, -0.2) is 5.11 Å². The third-order valence-electron chi connectivity index (χ3n) is 2.57. The van der Waals surface area contributed by atoms with Crippen molar-refractivity contribution in [3.63, 3.8) is 0 Å². The lowest BCUT2D eigenvalue weighted by molar-refractivity contribution is 0.470. The third kappa shape index (κ3) is 2.70. The molecule has 18 heavy (non-hydrogen) atoms. The van der Waals surface area contributed by atoms with Crippen molar-refractivity contribution in [3.8, 4) is 11.8 Å². The van der Waals surface area contributed by atoms with Crippen LogP contribution in [0.2, 0.25) is 0 Å². The Kier molecular flexibility index (Phi) is 3.64. The molecule has 86 valence electrons. The third-order valence-corrected chi connectivity index (χ3v) is 2.57. The van der Waals surface area contributed by atoms with E-state index in [1.165, 1.54) is 6.07 Å². The van der Waals surface area contributed by atoms with E-state index < -0.39 is 0 Å². The summed E-state index contributed by atoms with van der Waals surface area (Å²) in [6, 6.07) is 18.6. The van der Waals surface area contributed by atoms with Crippen molar-refractivity contribution in [3.05, 3.63) is 71.3 Å². The molecule has 2 nitrogen and oxygen atoms in total. The maximum absolute atomic E-state index is 9.65. The molecular formula is C16H11NO. The van der Waals surface area contributed by atoms with Gasteiger partial charge in [-0.1, -0.05) is 48.6 Å². The lowest BCUT2D eigenvalue weighted by Crippen LogP contribution is -1.87. The zero-order valence-corrected chi connectivity index (χ0v) is 9.72. The average molecular weight is 233 g/mol. The summed E-state index contributed by atoms with van der Waals surface area (Å²) in [5, 5.41) is 18.6. The van der Waals surface area contributed by atoms with E-state index in [9.17, 15) is 5.11 Å². The van der Waals surface area contributed by atoms with Gasteiger partial charge in [0.1, 0.15) is 6.07 Å². The summed E-state index contributed by atoms with van der Waals surface area (Å²) < 4.78 is 0. The molecule has 1 N–H and O–H groups in total. The molecule has 0 atom stereocenters. The quantitative estimate of drug-likeness (QED) is 0.885. The van der Waals surface area contributed by atoms with Crippen molar-refractivity contribution in [2.24, 2.45) is 0 Å². The highest BCUT2D eigenvalue weighted by atomic mass is 16.3. The van der Waals surface area contributed by atoms with Crippen LogP contribution in [0.5, 0.6) is 5.75 Å². The summed E-state index contributed by atoms with van der Waals surface area (Å²) in [6.45, 7) is 0. The van der Waals surface area contributed by atoms with Gasteiger partial charge < -0.3 is 5.11 Å². The Labute approximate surface area is 106 Å². The monoisotopic (exact) mass is 233 g/mol. The van der Waals surface area contributed by atoms with E-state index in [1.807, 2.05) is 48.6 Å². The molecule has 0 bridgehead atoms. The first-order chi connectivity index (χ1) is 8.81. The van der Waals surface area contributed by atoms with Crippen LogP contribution in [0.4, 0.5) is 0 Å². The second-order valence-electron chi connectivity index (χ2n) is 3.78. The highest BCUT2D eigenvalue weighted by Gasteiger charge is 2.04. The molecule has 0 amide bonds. The fourth-order valence-corrected chi connectivity index (χ4v) is 1.65. The molecule has 0 unspecified atom stereocenters. The highest BCUT2D eigenvalue weighted by Crippen LogP contribution is 2.18. The maximum Gasteiger partial charge on any atom is 0.172 e. The largest absolute Gasteiger partial charge is 0.500 e. The average Bonchev–Trinajstić information content (AvgIpc) is 2.41. The topological polar surface area (TPSA) is 44.0 Å². The van der Waals surface area contributed by atoms with Crippen LogP contribution >= 0.6 is 0 Å². The molecular weight excluding hydrogens is 222 g/mol. The van der Waals surface area contributed by atoms with Gasteiger partial charge in [0.15, 0.2) is 5.75 Å². The van der Waals surface area contributed by atoms with Crippen molar-refractivity contribution in [1.29, 1.82) is 5.26 Å². The van der Waals surface area contributed by atoms with Crippen LogP contribution in [0.25, 0.3) is 6.08 Å². The van der Waals surface area contributed by atoms with Gasteiger partial charge in [0, 0.05) is 11.6 Å². The molecule has 0 heterocycles. The molecule has 0 saturated heterocycles. The Balaban J connectivity index is 2.16. The minimum absolute atomic E-state index is 0.00763. The first kappa shape index (κ1) is 11.8. The van der Waals surface area contributed by atoms with E-state index in [4.69, 9.17) is 5.26 Å². The molecule has 0 radical (unpaired) electrons. The van der Waals surface area contributed by atoms with Crippen molar-refractivity contribution >= 4 is 6.08 Å².